The molecule has 6 heteroatoms. The van der Waals surface area contributed by atoms with Crippen LogP contribution in [0.2, 0.25) is 0 Å². The lowest BCUT2D eigenvalue weighted by molar-refractivity contribution is -0.120. The van der Waals surface area contributed by atoms with Crippen LogP contribution in [0, 0.1) is 0 Å². The normalized spacial score (nSPS) is 11.8. The van der Waals surface area contributed by atoms with Crippen molar-refractivity contribution in [1.82, 2.24) is 4.90 Å². The molecule has 0 saturated heterocycles. The van der Waals surface area contributed by atoms with Gasteiger partial charge >= 0.3 is 0 Å². The van der Waals surface area contributed by atoms with E-state index >= 15 is 0 Å². The van der Waals surface area contributed by atoms with E-state index in [1.807, 2.05) is 61.3 Å². The average Bonchev–Trinajstić information content (AvgIpc) is 2.71. The first kappa shape index (κ1) is 20.6. The molecule has 0 aliphatic rings. The first-order chi connectivity index (χ1) is 13.0. The predicted octanol–water partition coefficient (Wildman–Crippen LogP) is 3.21. The van der Waals surface area contributed by atoms with Crippen molar-refractivity contribution in [2.24, 2.45) is 0 Å². The van der Waals surface area contributed by atoms with Crippen molar-refractivity contribution < 1.29 is 19.0 Å². The number of carbonyl (C=O) groups excluding carboxylic acids is 1. The first-order valence-corrected chi connectivity index (χ1v) is 8.85. The summed E-state index contributed by atoms with van der Waals surface area (Å²) >= 11 is 0. The van der Waals surface area contributed by atoms with E-state index in [-0.39, 0.29) is 11.9 Å². The van der Waals surface area contributed by atoms with Gasteiger partial charge in [-0.15, -0.1) is 0 Å². The highest BCUT2D eigenvalue weighted by Crippen LogP contribution is 2.28. The van der Waals surface area contributed by atoms with E-state index in [4.69, 9.17) is 14.2 Å². The number of amides is 1. The molecule has 0 aliphatic carbocycles. The minimum absolute atomic E-state index is 0.0747. The maximum Gasteiger partial charge on any atom is 0.241 e. The van der Waals surface area contributed by atoms with Crippen LogP contribution in [0.15, 0.2) is 42.5 Å². The molecule has 2 aromatic carbocycles. The van der Waals surface area contributed by atoms with Crippen molar-refractivity contribution in [3.63, 3.8) is 0 Å². The van der Waals surface area contributed by atoms with E-state index in [0.717, 1.165) is 18.5 Å². The summed E-state index contributed by atoms with van der Waals surface area (Å²) in [7, 11) is 6.77. The Morgan fingerprint density at radius 1 is 1.00 bits per heavy atom. The zero-order chi connectivity index (χ0) is 19.8. The fourth-order valence-corrected chi connectivity index (χ4v) is 2.72. The first-order valence-electron chi connectivity index (χ1n) is 8.85. The predicted molar refractivity (Wildman–Crippen MR) is 107 cm³/mol. The molecule has 6 nitrogen and oxygen atoms in total. The highest BCUT2D eigenvalue weighted by atomic mass is 16.5. The highest BCUT2D eigenvalue weighted by molar-refractivity contribution is 5.95. The number of carbonyl (C=O) groups is 1. The second-order valence-electron chi connectivity index (χ2n) is 6.29. The second-order valence-corrected chi connectivity index (χ2v) is 6.29. The number of hydrogen-bond donors (Lipinski definition) is 1. The standard InChI is InChI=1S/C21H28N2O4/c1-15(21(24)22-17-8-6-7-9-18(17)25-3)23(2)13-12-16-10-11-19(26-4)20(14-16)27-5/h6-11,14-15H,12-13H2,1-5H3,(H,22,24)/t15-/m1/s1. The fourth-order valence-electron chi connectivity index (χ4n) is 2.72. The fraction of sp³-hybridized carbons (Fsp3) is 0.381. The Kier molecular flexibility index (Phi) is 7.49. The Balaban J connectivity index is 1.95. The van der Waals surface area contributed by atoms with Crippen LogP contribution in [-0.4, -0.2) is 51.8 Å². The molecule has 1 amide bonds. The molecule has 146 valence electrons. The van der Waals surface area contributed by atoms with Gasteiger partial charge in [-0.1, -0.05) is 18.2 Å². The molecule has 0 bridgehead atoms. The number of anilines is 1. The number of nitrogens with one attached hydrogen (secondary N) is 1. The number of benzene rings is 2. The van der Waals surface area contributed by atoms with Crippen molar-refractivity contribution in [2.75, 3.05) is 40.2 Å². The van der Waals surface area contributed by atoms with Gasteiger partial charge in [0, 0.05) is 6.54 Å². The van der Waals surface area contributed by atoms with Crippen molar-refractivity contribution >= 4 is 11.6 Å². The van der Waals surface area contributed by atoms with Crippen molar-refractivity contribution in [3.8, 4) is 17.2 Å². The molecule has 0 spiro atoms. The van der Waals surface area contributed by atoms with Crippen LogP contribution in [-0.2, 0) is 11.2 Å². The summed E-state index contributed by atoms with van der Waals surface area (Å²) < 4.78 is 15.9. The zero-order valence-corrected chi connectivity index (χ0v) is 16.6. The third kappa shape index (κ3) is 5.37. The summed E-state index contributed by atoms with van der Waals surface area (Å²) in [5.41, 5.74) is 1.79. The monoisotopic (exact) mass is 372 g/mol. The minimum atomic E-state index is -0.282. The van der Waals surface area contributed by atoms with E-state index < -0.39 is 0 Å². The molecule has 1 N–H and O–H groups in total. The summed E-state index contributed by atoms with van der Waals surface area (Å²) in [6.07, 6.45) is 0.795. The molecule has 0 aromatic heterocycles. The summed E-state index contributed by atoms with van der Waals surface area (Å²) in [6, 6.07) is 13.0. The molecule has 0 heterocycles. The van der Waals surface area contributed by atoms with Crippen LogP contribution in [0.5, 0.6) is 17.2 Å². The lowest BCUT2D eigenvalue weighted by atomic mass is 10.1. The van der Waals surface area contributed by atoms with E-state index in [9.17, 15) is 4.79 Å². The van der Waals surface area contributed by atoms with Gasteiger partial charge in [-0.05, 0) is 50.2 Å². The van der Waals surface area contributed by atoms with Gasteiger partial charge in [-0.25, -0.2) is 0 Å². The molecule has 2 aromatic rings. The summed E-state index contributed by atoms with van der Waals surface area (Å²) in [5.74, 6) is 1.99. The molecular weight excluding hydrogens is 344 g/mol. The van der Waals surface area contributed by atoms with Gasteiger partial charge in [-0.2, -0.15) is 0 Å². The van der Waals surface area contributed by atoms with Gasteiger partial charge in [0.25, 0.3) is 0 Å². The van der Waals surface area contributed by atoms with E-state index in [1.54, 1.807) is 21.3 Å². The largest absolute Gasteiger partial charge is 0.495 e. The third-order valence-corrected chi connectivity index (χ3v) is 4.61. The number of methoxy groups -OCH3 is 3. The van der Waals surface area contributed by atoms with Crippen LogP contribution in [0.4, 0.5) is 5.69 Å². The average molecular weight is 372 g/mol. The van der Waals surface area contributed by atoms with Crippen LogP contribution >= 0.6 is 0 Å². The molecule has 2 rings (SSSR count). The molecule has 0 unspecified atom stereocenters. The van der Waals surface area contributed by atoms with Crippen LogP contribution < -0.4 is 19.5 Å². The maximum atomic E-state index is 12.6. The number of para-hydroxylation sites is 2. The Morgan fingerprint density at radius 2 is 1.67 bits per heavy atom. The number of likely N-dealkylation sites (N-methyl/N-ethyl adjacent to an activating group) is 1. The Bertz CT molecular complexity index is 764. The maximum absolute atomic E-state index is 12.6. The van der Waals surface area contributed by atoms with Gasteiger partial charge in [0.05, 0.1) is 33.1 Å². The van der Waals surface area contributed by atoms with Gasteiger partial charge < -0.3 is 19.5 Å². The Hall–Kier alpha value is -2.73. The molecule has 27 heavy (non-hydrogen) atoms. The summed E-state index contributed by atoms with van der Waals surface area (Å²) in [6.45, 7) is 2.62. The minimum Gasteiger partial charge on any atom is -0.495 e. The van der Waals surface area contributed by atoms with Crippen molar-refractivity contribution in [3.05, 3.63) is 48.0 Å². The highest BCUT2D eigenvalue weighted by Gasteiger charge is 2.19. The molecule has 0 saturated carbocycles. The van der Waals surface area contributed by atoms with Gasteiger partial charge in [0.15, 0.2) is 11.5 Å². The molecule has 0 fully saturated rings. The number of hydrogen-bond acceptors (Lipinski definition) is 5. The second kappa shape index (κ2) is 9.83. The van der Waals surface area contributed by atoms with Gasteiger partial charge in [-0.3, -0.25) is 9.69 Å². The van der Waals surface area contributed by atoms with E-state index in [1.165, 1.54) is 0 Å². The number of ether oxygens (including phenoxy) is 3. The van der Waals surface area contributed by atoms with Gasteiger partial charge in [0.2, 0.25) is 5.91 Å². The Labute approximate surface area is 161 Å². The Morgan fingerprint density at radius 3 is 2.33 bits per heavy atom. The SMILES string of the molecule is COc1ccccc1NC(=O)[C@@H](C)N(C)CCc1ccc(OC)c(OC)c1. The van der Waals surface area contributed by atoms with E-state index in [0.29, 0.717) is 22.9 Å². The smallest absolute Gasteiger partial charge is 0.241 e. The topological polar surface area (TPSA) is 60.0 Å². The lowest BCUT2D eigenvalue weighted by Gasteiger charge is -2.24. The van der Waals surface area contributed by atoms with E-state index in [2.05, 4.69) is 5.32 Å². The quantitative estimate of drug-likeness (QED) is 0.732. The molecule has 0 radical (unpaired) electrons. The van der Waals surface area contributed by atoms with Crippen LogP contribution in [0.25, 0.3) is 0 Å². The molecule has 0 aliphatic heterocycles. The third-order valence-electron chi connectivity index (χ3n) is 4.61. The van der Waals surface area contributed by atoms with Crippen LogP contribution in [0.3, 0.4) is 0 Å². The van der Waals surface area contributed by atoms with Crippen molar-refractivity contribution in [1.29, 1.82) is 0 Å². The number of nitrogens with zero attached hydrogens (tertiary/aromatic N) is 1. The van der Waals surface area contributed by atoms with Crippen LogP contribution in [0.1, 0.15) is 12.5 Å². The lowest BCUT2D eigenvalue weighted by Crippen LogP contribution is -2.40. The number of rotatable bonds is 9. The summed E-state index contributed by atoms with van der Waals surface area (Å²) in [5, 5.41) is 2.93. The van der Waals surface area contributed by atoms with Crippen molar-refractivity contribution in [2.45, 2.75) is 19.4 Å². The molecular formula is C21H28N2O4. The zero-order valence-electron chi connectivity index (χ0n) is 16.6. The summed E-state index contributed by atoms with van der Waals surface area (Å²) in [4.78, 5) is 14.6. The van der Waals surface area contributed by atoms with Gasteiger partial charge in [0.1, 0.15) is 5.75 Å². The molecule has 1 atom stereocenters.